The van der Waals surface area contributed by atoms with Crippen LogP contribution in [0.25, 0.3) is 0 Å². The average Bonchev–Trinajstić information content (AvgIpc) is 3.09. The van der Waals surface area contributed by atoms with Crippen LogP contribution >= 0.6 is 24.0 Å². The Bertz CT molecular complexity index is 329. The molecule has 0 aromatic heterocycles. The van der Waals surface area contributed by atoms with Crippen molar-refractivity contribution < 1.29 is 0 Å². The van der Waals surface area contributed by atoms with E-state index < -0.39 is 0 Å². The fourth-order valence-electron chi connectivity index (χ4n) is 2.96. The first-order valence-corrected chi connectivity index (χ1v) is 8.20. The zero-order valence-electron chi connectivity index (χ0n) is 13.5. The maximum atomic E-state index is 4.76. The lowest BCUT2D eigenvalue weighted by Crippen LogP contribution is -2.42. The van der Waals surface area contributed by atoms with Crippen molar-refractivity contribution in [2.75, 3.05) is 32.7 Å². The Morgan fingerprint density at radius 1 is 1.29 bits per heavy atom. The van der Waals surface area contributed by atoms with Gasteiger partial charge in [-0.25, -0.2) is 0 Å². The zero-order chi connectivity index (χ0) is 14.2. The number of rotatable bonds is 6. The maximum absolute atomic E-state index is 4.76. The lowest BCUT2D eigenvalue weighted by molar-refractivity contribution is 0.291. The van der Waals surface area contributed by atoms with Crippen LogP contribution in [0.15, 0.2) is 17.1 Å². The number of halogens is 1. The standard InChI is InChI=1S/C16H30N4.HI/c1-3-17-16(19-15-8-4-5-9-15)18-12-14(2)13-20-10-6-7-11-20;/h4-5,14-15H,3,6-13H2,1-2H3,(H2,17,18,19);1H. The molecule has 0 aromatic carbocycles. The molecule has 4 nitrogen and oxygen atoms in total. The predicted molar refractivity (Wildman–Crippen MR) is 102 cm³/mol. The lowest BCUT2D eigenvalue weighted by Gasteiger charge is -2.20. The molecule has 0 amide bonds. The number of guanidine groups is 1. The summed E-state index contributed by atoms with van der Waals surface area (Å²) < 4.78 is 0. The van der Waals surface area contributed by atoms with E-state index in [9.17, 15) is 0 Å². The van der Waals surface area contributed by atoms with E-state index in [0.717, 1.165) is 31.9 Å². The molecule has 21 heavy (non-hydrogen) atoms. The van der Waals surface area contributed by atoms with Crippen molar-refractivity contribution in [2.45, 2.75) is 45.6 Å². The molecule has 1 unspecified atom stereocenters. The van der Waals surface area contributed by atoms with E-state index in [1.807, 2.05) is 0 Å². The van der Waals surface area contributed by atoms with Crippen LogP contribution in [0.4, 0.5) is 0 Å². The first-order chi connectivity index (χ1) is 9.78. The van der Waals surface area contributed by atoms with E-state index >= 15 is 0 Å². The zero-order valence-corrected chi connectivity index (χ0v) is 15.8. The van der Waals surface area contributed by atoms with Crippen LogP contribution in [0.5, 0.6) is 0 Å². The Balaban J connectivity index is 0.00000220. The van der Waals surface area contributed by atoms with Crippen LogP contribution < -0.4 is 10.6 Å². The summed E-state index contributed by atoms with van der Waals surface area (Å²) in [5.41, 5.74) is 0. The molecule has 1 fully saturated rings. The second-order valence-corrected chi connectivity index (χ2v) is 6.12. The minimum absolute atomic E-state index is 0. The molecular weight excluding hydrogens is 375 g/mol. The number of hydrogen-bond acceptors (Lipinski definition) is 2. The van der Waals surface area contributed by atoms with Crippen molar-refractivity contribution in [3.05, 3.63) is 12.2 Å². The van der Waals surface area contributed by atoms with Gasteiger partial charge in [-0.2, -0.15) is 0 Å². The van der Waals surface area contributed by atoms with E-state index in [4.69, 9.17) is 4.99 Å². The van der Waals surface area contributed by atoms with Gasteiger partial charge in [-0.05, 0) is 51.6 Å². The largest absolute Gasteiger partial charge is 0.357 e. The summed E-state index contributed by atoms with van der Waals surface area (Å²) >= 11 is 0. The van der Waals surface area contributed by atoms with Gasteiger partial charge in [-0.1, -0.05) is 19.1 Å². The number of nitrogens with one attached hydrogen (secondary N) is 2. The van der Waals surface area contributed by atoms with E-state index in [0.29, 0.717) is 12.0 Å². The number of hydrogen-bond donors (Lipinski definition) is 2. The predicted octanol–water partition coefficient (Wildman–Crippen LogP) is 2.61. The van der Waals surface area contributed by atoms with Crippen LogP contribution in [0.2, 0.25) is 0 Å². The smallest absolute Gasteiger partial charge is 0.191 e. The summed E-state index contributed by atoms with van der Waals surface area (Å²) in [5.74, 6) is 1.61. The van der Waals surface area contributed by atoms with E-state index in [1.54, 1.807) is 0 Å². The van der Waals surface area contributed by atoms with Crippen LogP contribution in [0, 0.1) is 5.92 Å². The van der Waals surface area contributed by atoms with Crippen LogP contribution in [0.1, 0.15) is 39.5 Å². The Hall–Kier alpha value is -0.300. The number of aliphatic imine (C=N–C) groups is 1. The van der Waals surface area contributed by atoms with Gasteiger partial charge in [-0.3, -0.25) is 4.99 Å². The topological polar surface area (TPSA) is 39.7 Å². The Morgan fingerprint density at radius 2 is 1.95 bits per heavy atom. The van der Waals surface area contributed by atoms with Crippen molar-refractivity contribution in [3.8, 4) is 0 Å². The molecule has 1 heterocycles. The molecule has 1 atom stereocenters. The second kappa shape index (κ2) is 10.4. The summed E-state index contributed by atoms with van der Waals surface area (Å²) in [5, 5.41) is 6.88. The van der Waals surface area contributed by atoms with Crippen LogP contribution in [0.3, 0.4) is 0 Å². The minimum atomic E-state index is 0. The molecule has 0 bridgehead atoms. The molecule has 1 aliphatic carbocycles. The average molecular weight is 406 g/mol. The minimum Gasteiger partial charge on any atom is -0.357 e. The molecule has 1 aliphatic heterocycles. The first-order valence-electron chi connectivity index (χ1n) is 8.20. The van der Waals surface area contributed by atoms with Gasteiger partial charge >= 0.3 is 0 Å². The van der Waals surface area contributed by atoms with Gasteiger partial charge in [0.2, 0.25) is 0 Å². The highest BCUT2D eigenvalue weighted by Crippen LogP contribution is 2.11. The number of likely N-dealkylation sites (tertiary alicyclic amines) is 1. The van der Waals surface area contributed by atoms with E-state index in [-0.39, 0.29) is 24.0 Å². The normalized spacial score (nSPS) is 21.3. The molecule has 0 saturated carbocycles. The van der Waals surface area contributed by atoms with Crippen molar-refractivity contribution >= 4 is 29.9 Å². The summed E-state index contributed by atoms with van der Waals surface area (Å²) in [7, 11) is 0. The highest BCUT2D eigenvalue weighted by molar-refractivity contribution is 14.0. The van der Waals surface area contributed by atoms with Gasteiger partial charge in [0.1, 0.15) is 0 Å². The Morgan fingerprint density at radius 3 is 2.57 bits per heavy atom. The molecule has 1 saturated heterocycles. The molecular formula is C16H31IN4. The van der Waals surface area contributed by atoms with E-state index in [2.05, 4.69) is 41.5 Å². The van der Waals surface area contributed by atoms with Crippen LogP contribution in [-0.2, 0) is 0 Å². The quantitative estimate of drug-likeness (QED) is 0.308. The maximum Gasteiger partial charge on any atom is 0.191 e. The van der Waals surface area contributed by atoms with E-state index in [1.165, 1.54) is 32.5 Å². The highest BCUT2D eigenvalue weighted by atomic mass is 127. The fourth-order valence-corrected chi connectivity index (χ4v) is 2.96. The molecule has 2 rings (SSSR count). The fraction of sp³-hybridized carbons (Fsp3) is 0.812. The highest BCUT2D eigenvalue weighted by Gasteiger charge is 2.15. The molecule has 122 valence electrons. The van der Waals surface area contributed by atoms with Gasteiger partial charge in [0.15, 0.2) is 5.96 Å². The molecule has 2 aliphatic rings. The second-order valence-electron chi connectivity index (χ2n) is 6.12. The summed E-state index contributed by atoms with van der Waals surface area (Å²) in [6, 6.07) is 0.529. The first kappa shape index (κ1) is 18.7. The molecule has 0 spiro atoms. The van der Waals surface area contributed by atoms with Crippen molar-refractivity contribution in [2.24, 2.45) is 10.9 Å². The summed E-state index contributed by atoms with van der Waals surface area (Å²) in [6.07, 6.45) is 9.47. The third-order valence-electron chi connectivity index (χ3n) is 4.02. The summed E-state index contributed by atoms with van der Waals surface area (Å²) in [6.45, 7) is 10.0. The van der Waals surface area contributed by atoms with Gasteiger partial charge in [0.25, 0.3) is 0 Å². The Kier molecular flexibility index (Phi) is 9.31. The molecule has 5 heteroatoms. The molecule has 0 radical (unpaired) electrons. The van der Waals surface area contributed by atoms with Crippen molar-refractivity contribution in [3.63, 3.8) is 0 Å². The van der Waals surface area contributed by atoms with Crippen molar-refractivity contribution in [1.29, 1.82) is 0 Å². The van der Waals surface area contributed by atoms with Crippen molar-refractivity contribution in [1.82, 2.24) is 15.5 Å². The lowest BCUT2D eigenvalue weighted by atomic mass is 10.2. The monoisotopic (exact) mass is 406 g/mol. The third kappa shape index (κ3) is 7.00. The SMILES string of the molecule is CCNC(=NCC(C)CN1CCCC1)NC1CC=CC1.I. The van der Waals surface area contributed by atoms with Gasteiger partial charge in [0, 0.05) is 25.7 Å². The van der Waals surface area contributed by atoms with Crippen LogP contribution in [-0.4, -0.2) is 49.6 Å². The number of nitrogens with zero attached hydrogens (tertiary/aromatic N) is 2. The molecule has 2 N–H and O–H groups in total. The molecule has 0 aromatic rings. The third-order valence-corrected chi connectivity index (χ3v) is 4.02. The van der Waals surface area contributed by atoms with Gasteiger partial charge in [0.05, 0.1) is 0 Å². The van der Waals surface area contributed by atoms with Gasteiger partial charge in [-0.15, -0.1) is 24.0 Å². The summed E-state index contributed by atoms with van der Waals surface area (Å²) in [4.78, 5) is 7.33. The Labute approximate surface area is 146 Å². The van der Waals surface area contributed by atoms with Gasteiger partial charge < -0.3 is 15.5 Å².